The molecule has 3 nitrogen and oxygen atoms in total. The van der Waals surface area contributed by atoms with Crippen molar-refractivity contribution in [3.63, 3.8) is 0 Å². The minimum absolute atomic E-state index is 0.162. The van der Waals surface area contributed by atoms with Crippen LogP contribution in [-0.2, 0) is 4.84 Å². The highest BCUT2D eigenvalue weighted by molar-refractivity contribution is 8.10. The first-order chi connectivity index (χ1) is 2.77. The molecule has 0 aliphatic carbocycles. The van der Waals surface area contributed by atoms with Gasteiger partial charge in [-0.15, -0.1) is 4.91 Å². The Morgan fingerprint density at radius 2 is 2.50 bits per heavy atom. The van der Waals surface area contributed by atoms with Gasteiger partial charge in [-0.1, -0.05) is 12.6 Å². The first-order valence-corrected chi connectivity index (χ1v) is 1.85. The van der Waals surface area contributed by atoms with Crippen molar-refractivity contribution in [1.82, 2.24) is 0 Å². The SMILES string of the molecule is O=NOC(=S)S. The zero-order valence-corrected chi connectivity index (χ0v) is 4.33. The summed E-state index contributed by atoms with van der Waals surface area (Å²) in [6, 6.07) is 0. The minimum Gasteiger partial charge on any atom is -0.305 e. The molecular weight excluding hydrogens is 122 g/mol. The number of nitrogens with zero attached hydrogens (tertiary/aromatic N) is 1. The molecule has 6 heavy (non-hydrogen) atoms. The Morgan fingerprint density at radius 1 is 2.00 bits per heavy atom. The van der Waals surface area contributed by atoms with E-state index < -0.39 is 0 Å². The predicted molar refractivity (Wildman–Crippen MR) is 28.5 cm³/mol. The van der Waals surface area contributed by atoms with Crippen LogP contribution in [0.1, 0.15) is 0 Å². The van der Waals surface area contributed by atoms with Gasteiger partial charge in [-0.3, -0.25) is 0 Å². The Hall–Kier alpha value is -0.160. The van der Waals surface area contributed by atoms with Crippen LogP contribution in [0.3, 0.4) is 0 Å². The maximum absolute atomic E-state index is 9.01. The predicted octanol–water partition coefficient (Wildman–Crippen LogP) is 0.899. The molecule has 0 saturated carbocycles. The summed E-state index contributed by atoms with van der Waals surface area (Å²) in [5, 5.41) is 1.97. The highest BCUT2D eigenvalue weighted by atomic mass is 32.1. The quantitative estimate of drug-likeness (QED) is 0.243. The van der Waals surface area contributed by atoms with Gasteiger partial charge < -0.3 is 4.84 Å². The largest absolute Gasteiger partial charge is 0.305 e. The number of hydrogen-bond acceptors (Lipinski definition) is 4. The zero-order valence-electron chi connectivity index (χ0n) is 2.62. The molecule has 0 aromatic heterocycles. The number of hydrogen-bond donors (Lipinski definition) is 1. The summed E-state index contributed by atoms with van der Waals surface area (Å²) in [5.74, 6) is 0. The molecule has 0 atom stereocenters. The molecule has 0 fully saturated rings. The van der Waals surface area contributed by atoms with E-state index in [2.05, 4.69) is 29.7 Å². The average molecular weight is 123 g/mol. The molecule has 0 bridgehead atoms. The lowest BCUT2D eigenvalue weighted by molar-refractivity contribution is 0.341. The van der Waals surface area contributed by atoms with Gasteiger partial charge in [0.1, 0.15) is 0 Å². The lowest BCUT2D eigenvalue weighted by atomic mass is 11.7. The van der Waals surface area contributed by atoms with Crippen molar-refractivity contribution in [3.8, 4) is 0 Å². The Kier molecular flexibility index (Phi) is 2.97. The fraction of sp³-hybridized carbons (Fsp3) is 0. The highest BCUT2D eigenvalue weighted by Gasteiger charge is 1.79. The standard InChI is InChI=1S/CHNO2S2/c3-2-4-1(5)6/h(H,5,6). The van der Waals surface area contributed by atoms with Crippen LogP contribution in [-0.4, -0.2) is 4.38 Å². The summed E-state index contributed by atoms with van der Waals surface area (Å²) in [6.45, 7) is 0. The molecular formula is CHNO2S2. The third kappa shape index (κ3) is 3.84. The minimum atomic E-state index is -0.162. The molecule has 0 aromatic rings. The van der Waals surface area contributed by atoms with E-state index in [4.69, 9.17) is 4.91 Å². The maximum Gasteiger partial charge on any atom is 0.256 e. The van der Waals surface area contributed by atoms with Crippen LogP contribution in [0.4, 0.5) is 0 Å². The topological polar surface area (TPSA) is 38.7 Å². The van der Waals surface area contributed by atoms with Crippen molar-refractivity contribution in [2.24, 2.45) is 5.34 Å². The first-order valence-electron chi connectivity index (χ1n) is 0.997. The van der Waals surface area contributed by atoms with Crippen molar-refractivity contribution < 1.29 is 4.84 Å². The molecule has 0 aliphatic heterocycles. The summed E-state index contributed by atoms with van der Waals surface area (Å²) < 4.78 is -0.162. The molecule has 0 saturated heterocycles. The van der Waals surface area contributed by atoms with Crippen LogP contribution in [0, 0.1) is 4.91 Å². The van der Waals surface area contributed by atoms with Crippen molar-refractivity contribution in [1.29, 1.82) is 0 Å². The maximum atomic E-state index is 9.01. The molecule has 0 radical (unpaired) electrons. The van der Waals surface area contributed by atoms with Crippen LogP contribution >= 0.6 is 24.8 Å². The van der Waals surface area contributed by atoms with E-state index in [1.54, 1.807) is 0 Å². The van der Waals surface area contributed by atoms with Gasteiger partial charge in [-0.25, -0.2) is 0 Å². The average Bonchev–Trinajstić information content (AvgIpc) is 1.35. The van der Waals surface area contributed by atoms with Crippen LogP contribution in [0.15, 0.2) is 5.34 Å². The highest BCUT2D eigenvalue weighted by Crippen LogP contribution is 1.84. The lowest BCUT2D eigenvalue weighted by Crippen LogP contribution is -1.78. The van der Waals surface area contributed by atoms with E-state index in [9.17, 15) is 0 Å². The van der Waals surface area contributed by atoms with Gasteiger partial charge in [0.2, 0.25) is 0 Å². The van der Waals surface area contributed by atoms with Gasteiger partial charge >= 0.3 is 0 Å². The van der Waals surface area contributed by atoms with Crippen LogP contribution in [0.25, 0.3) is 0 Å². The molecule has 0 spiro atoms. The summed E-state index contributed by atoms with van der Waals surface area (Å²) >= 11 is 7.54. The lowest BCUT2D eigenvalue weighted by Gasteiger charge is -1.78. The summed E-state index contributed by atoms with van der Waals surface area (Å²) in [4.78, 5) is 12.7. The van der Waals surface area contributed by atoms with E-state index >= 15 is 0 Å². The molecule has 0 heterocycles. The van der Waals surface area contributed by atoms with E-state index in [1.807, 2.05) is 5.34 Å². The monoisotopic (exact) mass is 123 g/mol. The van der Waals surface area contributed by atoms with E-state index in [0.717, 1.165) is 0 Å². The van der Waals surface area contributed by atoms with Gasteiger partial charge in [0.05, 0.1) is 0 Å². The van der Waals surface area contributed by atoms with E-state index in [1.165, 1.54) is 0 Å². The first kappa shape index (κ1) is 5.84. The molecule has 0 rings (SSSR count). The summed E-state index contributed by atoms with van der Waals surface area (Å²) in [5.41, 5.74) is 0. The third-order valence-corrected chi connectivity index (χ3v) is 0.272. The molecule has 0 amide bonds. The van der Waals surface area contributed by atoms with Crippen molar-refractivity contribution in [2.45, 2.75) is 0 Å². The molecule has 5 heteroatoms. The Balaban J connectivity index is 3.05. The summed E-state index contributed by atoms with van der Waals surface area (Å²) in [7, 11) is 0. The number of thiocarbonyl (C=S) groups is 1. The second kappa shape index (κ2) is 3.05. The van der Waals surface area contributed by atoms with Gasteiger partial charge in [0.25, 0.3) is 4.38 Å². The van der Waals surface area contributed by atoms with Crippen LogP contribution in [0.2, 0.25) is 0 Å². The van der Waals surface area contributed by atoms with E-state index in [-0.39, 0.29) is 4.38 Å². The third-order valence-electron chi connectivity index (χ3n) is 0.115. The van der Waals surface area contributed by atoms with Crippen LogP contribution < -0.4 is 0 Å². The van der Waals surface area contributed by atoms with Crippen molar-refractivity contribution >= 4 is 29.2 Å². The van der Waals surface area contributed by atoms with Gasteiger partial charge in [0.15, 0.2) is 5.34 Å². The van der Waals surface area contributed by atoms with Crippen LogP contribution in [0.5, 0.6) is 0 Å². The Bertz CT molecular complexity index is 71.9. The molecule has 0 aliphatic rings. The Labute approximate surface area is 45.0 Å². The summed E-state index contributed by atoms with van der Waals surface area (Å²) in [6.07, 6.45) is 0. The number of thiol groups is 1. The second-order valence-corrected chi connectivity index (χ2v) is 1.51. The second-order valence-electron chi connectivity index (χ2n) is 0.432. The molecule has 0 unspecified atom stereocenters. The molecule has 0 N–H and O–H groups in total. The van der Waals surface area contributed by atoms with Gasteiger partial charge in [-0.05, 0) is 12.2 Å². The van der Waals surface area contributed by atoms with Crippen molar-refractivity contribution in [2.75, 3.05) is 0 Å². The van der Waals surface area contributed by atoms with Gasteiger partial charge in [-0.2, -0.15) is 0 Å². The van der Waals surface area contributed by atoms with Gasteiger partial charge in [0, 0.05) is 0 Å². The Morgan fingerprint density at radius 3 is 2.50 bits per heavy atom. The zero-order chi connectivity index (χ0) is 4.99. The van der Waals surface area contributed by atoms with E-state index in [0.29, 0.717) is 0 Å². The molecule has 34 valence electrons. The van der Waals surface area contributed by atoms with Crippen molar-refractivity contribution in [3.05, 3.63) is 4.91 Å². The normalized spacial score (nSPS) is 6.83. The fourth-order valence-electron chi connectivity index (χ4n) is 0.0319. The number of rotatable bonds is 1. The molecule has 0 aromatic carbocycles. The fourth-order valence-corrected chi connectivity index (χ4v) is 0.0956. The smallest absolute Gasteiger partial charge is 0.256 e.